The Morgan fingerprint density at radius 3 is 2.09 bits per heavy atom. The minimum Gasteiger partial charge on any atom is -0.391 e. The van der Waals surface area contributed by atoms with Crippen LogP contribution in [0.2, 0.25) is 0 Å². The molecule has 0 saturated heterocycles. The van der Waals surface area contributed by atoms with E-state index >= 15 is 0 Å². The molecule has 0 spiro atoms. The van der Waals surface area contributed by atoms with E-state index in [2.05, 4.69) is 0 Å². The predicted octanol–water partition coefficient (Wildman–Crippen LogP) is -0.689. The predicted molar refractivity (Wildman–Crippen MR) is 45.1 cm³/mol. The fourth-order valence-corrected chi connectivity index (χ4v) is 1.92. The molecule has 0 bridgehead atoms. The molecule has 0 saturated carbocycles. The summed E-state index contributed by atoms with van der Waals surface area (Å²) in [6.45, 7) is 0.722. The van der Waals surface area contributed by atoms with Crippen molar-refractivity contribution in [1.82, 2.24) is 0 Å². The lowest BCUT2D eigenvalue weighted by molar-refractivity contribution is 0.322. The van der Waals surface area contributed by atoms with Gasteiger partial charge in [-0.2, -0.15) is 0 Å². The second kappa shape index (κ2) is 4.71. The summed E-state index contributed by atoms with van der Waals surface area (Å²) in [7, 11) is -3.11. The van der Waals surface area contributed by atoms with E-state index in [1.165, 1.54) is 0 Å². The van der Waals surface area contributed by atoms with Gasteiger partial charge in [-0.25, -0.2) is 4.21 Å². The summed E-state index contributed by atoms with van der Waals surface area (Å²) >= 11 is 0. The Morgan fingerprint density at radius 2 is 1.82 bits per heavy atom. The van der Waals surface area contributed by atoms with Crippen molar-refractivity contribution < 1.29 is 19.0 Å². The molecule has 0 aliphatic heterocycles. The molecular formula is C6H14O4S. The van der Waals surface area contributed by atoms with Gasteiger partial charge < -0.3 is 14.8 Å². The van der Waals surface area contributed by atoms with Gasteiger partial charge in [-0.1, -0.05) is 6.92 Å². The Hall–Kier alpha value is -0.100. The molecule has 1 atom stereocenters. The van der Waals surface area contributed by atoms with Crippen LogP contribution >= 0.6 is 0 Å². The topological polar surface area (TPSA) is 77.8 Å². The van der Waals surface area contributed by atoms with E-state index in [0.717, 1.165) is 0 Å². The summed E-state index contributed by atoms with van der Waals surface area (Å²) in [6, 6.07) is 0. The van der Waals surface area contributed by atoms with E-state index in [1.807, 2.05) is 0 Å². The van der Waals surface area contributed by atoms with Crippen molar-refractivity contribution in [1.29, 1.82) is 0 Å². The molecule has 0 aromatic carbocycles. The SMILES string of the molecule is CCCS(=O)(O)=C(CO)CO. The molecule has 0 amide bonds. The van der Waals surface area contributed by atoms with Gasteiger partial charge in [0.05, 0.1) is 27.9 Å². The van der Waals surface area contributed by atoms with E-state index < -0.39 is 23.0 Å². The second-order valence-electron chi connectivity index (χ2n) is 2.20. The number of rotatable bonds is 4. The summed E-state index contributed by atoms with van der Waals surface area (Å²) < 4.78 is 20.3. The zero-order valence-electron chi connectivity index (χ0n) is 6.49. The van der Waals surface area contributed by atoms with Gasteiger partial charge in [0.15, 0.2) is 0 Å². The monoisotopic (exact) mass is 182 g/mol. The molecule has 5 heteroatoms. The molecule has 68 valence electrons. The minimum atomic E-state index is -3.11. The number of hydrogen-bond acceptors (Lipinski definition) is 3. The molecule has 3 N–H and O–H groups in total. The largest absolute Gasteiger partial charge is 0.391 e. The standard InChI is InChI=1S/C6H14O4S/c1-2-3-11(9,10)6(4-7)5-8/h7-8H,2-5H2,1H3,(H,9,10). The molecule has 4 nitrogen and oxygen atoms in total. The van der Waals surface area contributed by atoms with Gasteiger partial charge in [-0.05, 0) is 6.42 Å². The highest BCUT2D eigenvalue weighted by Crippen LogP contribution is 1.93. The van der Waals surface area contributed by atoms with Crippen LogP contribution in [0.15, 0.2) is 0 Å². The minimum absolute atomic E-state index is 0.0839. The van der Waals surface area contributed by atoms with Crippen molar-refractivity contribution in [2.75, 3.05) is 19.0 Å². The van der Waals surface area contributed by atoms with E-state index in [-0.39, 0.29) is 10.6 Å². The van der Waals surface area contributed by atoms with E-state index in [9.17, 15) is 4.21 Å². The quantitative estimate of drug-likeness (QED) is 0.503. The summed E-state index contributed by atoms with van der Waals surface area (Å²) in [4.78, 5) is -0.0839. The van der Waals surface area contributed by atoms with Crippen molar-refractivity contribution >= 4 is 14.7 Å². The van der Waals surface area contributed by atoms with Crippen LogP contribution in [0.25, 0.3) is 0 Å². The number of aliphatic hydroxyl groups is 2. The summed E-state index contributed by atoms with van der Waals surface area (Å²) in [6.07, 6.45) is 0.554. The van der Waals surface area contributed by atoms with Crippen molar-refractivity contribution in [3.05, 3.63) is 0 Å². The van der Waals surface area contributed by atoms with Crippen LogP contribution in [-0.2, 0) is 9.80 Å². The van der Waals surface area contributed by atoms with Crippen molar-refractivity contribution in [2.24, 2.45) is 0 Å². The number of aliphatic hydroxyl groups excluding tert-OH is 2. The van der Waals surface area contributed by atoms with Crippen LogP contribution in [0.4, 0.5) is 0 Å². The maximum atomic E-state index is 11.1. The summed E-state index contributed by atoms with van der Waals surface area (Å²) in [5.41, 5.74) is 0. The van der Waals surface area contributed by atoms with Crippen LogP contribution in [0.1, 0.15) is 13.3 Å². The molecule has 0 aromatic rings. The van der Waals surface area contributed by atoms with Crippen LogP contribution < -0.4 is 0 Å². The smallest absolute Gasteiger partial charge is 0.0852 e. The molecule has 0 aliphatic carbocycles. The Morgan fingerprint density at radius 1 is 1.36 bits per heavy atom. The maximum absolute atomic E-state index is 11.1. The fourth-order valence-electron chi connectivity index (χ4n) is 0.673. The lowest BCUT2D eigenvalue weighted by atomic mass is 10.5. The van der Waals surface area contributed by atoms with Crippen LogP contribution in [0, 0.1) is 0 Å². The molecule has 0 fully saturated rings. The number of hydrogen-bond donors (Lipinski definition) is 3. The third kappa shape index (κ3) is 3.20. The molecule has 0 aliphatic rings. The maximum Gasteiger partial charge on any atom is 0.0852 e. The van der Waals surface area contributed by atoms with Gasteiger partial charge >= 0.3 is 0 Å². The first kappa shape index (κ1) is 10.9. The lowest BCUT2D eigenvalue weighted by Crippen LogP contribution is -2.23. The van der Waals surface area contributed by atoms with Gasteiger partial charge in [0, 0.05) is 5.75 Å². The molecular weight excluding hydrogens is 168 g/mol. The lowest BCUT2D eigenvalue weighted by Gasteiger charge is -2.06. The van der Waals surface area contributed by atoms with Gasteiger partial charge in [0.25, 0.3) is 0 Å². The average Bonchev–Trinajstić information content (AvgIpc) is 1.89. The van der Waals surface area contributed by atoms with Crippen LogP contribution in [0.3, 0.4) is 0 Å². The zero-order chi connectivity index (χ0) is 8.91. The van der Waals surface area contributed by atoms with E-state index in [0.29, 0.717) is 6.42 Å². The average molecular weight is 182 g/mol. The molecule has 0 aromatic heterocycles. The molecule has 1 unspecified atom stereocenters. The highest BCUT2D eigenvalue weighted by atomic mass is 32.2. The summed E-state index contributed by atoms with van der Waals surface area (Å²) in [5, 5.41) is 17.1. The van der Waals surface area contributed by atoms with Gasteiger partial charge in [0.1, 0.15) is 0 Å². The van der Waals surface area contributed by atoms with Crippen LogP contribution in [-0.4, -0.2) is 42.8 Å². The van der Waals surface area contributed by atoms with Crippen molar-refractivity contribution in [3.63, 3.8) is 0 Å². The third-order valence-electron chi connectivity index (χ3n) is 1.28. The fraction of sp³-hybridized carbons (Fsp3) is 0.833. The Kier molecular flexibility index (Phi) is 4.67. The van der Waals surface area contributed by atoms with E-state index in [4.69, 9.17) is 14.8 Å². The summed E-state index contributed by atoms with van der Waals surface area (Å²) in [5.74, 6) is 0.101. The first-order valence-electron chi connectivity index (χ1n) is 3.39. The molecule has 0 rings (SSSR count). The Balaban J connectivity index is 4.68. The highest BCUT2D eigenvalue weighted by molar-refractivity contribution is 7.97. The Labute approximate surface area is 66.7 Å². The van der Waals surface area contributed by atoms with Gasteiger partial charge in [-0.3, -0.25) is 0 Å². The van der Waals surface area contributed by atoms with Crippen molar-refractivity contribution in [3.8, 4) is 0 Å². The second-order valence-corrected chi connectivity index (χ2v) is 4.47. The first-order valence-corrected chi connectivity index (χ1v) is 5.07. The Bertz CT molecular complexity index is 209. The van der Waals surface area contributed by atoms with E-state index in [1.54, 1.807) is 6.92 Å². The van der Waals surface area contributed by atoms with Crippen LogP contribution in [0.5, 0.6) is 0 Å². The van der Waals surface area contributed by atoms with Gasteiger partial charge in [0.2, 0.25) is 0 Å². The normalized spacial score (nSPS) is 16.0. The molecule has 0 heterocycles. The first-order chi connectivity index (χ1) is 5.08. The zero-order valence-corrected chi connectivity index (χ0v) is 7.30. The highest BCUT2D eigenvalue weighted by Gasteiger charge is 2.08. The molecule has 11 heavy (non-hydrogen) atoms. The van der Waals surface area contributed by atoms with Crippen molar-refractivity contribution in [2.45, 2.75) is 13.3 Å². The van der Waals surface area contributed by atoms with Gasteiger partial charge in [-0.15, -0.1) is 0 Å². The molecule has 0 radical (unpaired) electrons. The third-order valence-corrected chi connectivity index (χ3v) is 3.41.